The van der Waals surface area contributed by atoms with E-state index in [4.69, 9.17) is 0 Å². The number of benzene rings is 1. The fraction of sp³-hybridized carbons (Fsp3) is 0.455. The molecule has 1 aromatic rings. The molecule has 1 rings (SSSR count). The van der Waals surface area contributed by atoms with E-state index in [1.165, 1.54) is 0 Å². The molecule has 0 aromatic heterocycles. The van der Waals surface area contributed by atoms with Crippen molar-refractivity contribution in [2.45, 2.75) is 26.3 Å². The summed E-state index contributed by atoms with van der Waals surface area (Å²) in [6, 6.07) is 1.48. The molecular weight excluding hydrogens is 230 g/mol. The van der Waals surface area contributed by atoms with Gasteiger partial charge in [-0.2, -0.15) is 4.39 Å². The molecule has 0 radical (unpaired) electrons. The number of hydrogen-bond acceptors (Lipinski definition) is 3. The van der Waals surface area contributed by atoms with Crippen molar-refractivity contribution in [3.8, 4) is 0 Å². The maximum absolute atomic E-state index is 13.3. The van der Waals surface area contributed by atoms with Gasteiger partial charge in [-0.15, -0.1) is 0 Å². The van der Waals surface area contributed by atoms with Crippen molar-refractivity contribution in [2.24, 2.45) is 0 Å². The maximum Gasteiger partial charge on any atom is 0.305 e. The smallest absolute Gasteiger partial charge is 0.305 e. The minimum atomic E-state index is -1.15. The molecule has 0 unspecified atom stereocenters. The number of nitro benzene ring substituents is 1. The Morgan fingerprint density at radius 2 is 2.06 bits per heavy atom. The number of nitrogens with zero attached hydrogens (tertiary/aromatic N) is 1. The van der Waals surface area contributed by atoms with Crippen LogP contribution in [0.3, 0.4) is 0 Å². The van der Waals surface area contributed by atoms with Crippen LogP contribution in [-0.4, -0.2) is 11.5 Å². The summed E-state index contributed by atoms with van der Waals surface area (Å²) < 4.78 is 26.3. The predicted octanol–water partition coefficient (Wildman–Crippen LogP) is 2.76. The Balaban J connectivity index is 2.77. The monoisotopic (exact) mass is 244 g/mol. The number of nitro groups is 1. The van der Waals surface area contributed by atoms with Crippen molar-refractivity contribution in [2.75, 3.05) is 6.54 Å². The second-order valence-electron chi connectivity index (χ2n) is 3.68. The number of hydrogen-bond donors (Lipinski definition) is 1. The third-order valence-electron chi connectivity index (χ3n) is 2.34. The summed E-state index contributed by atoms with van der Waals surface area (Å²) in [4.78, 5) is 9.63. The lowest BCUT2D eigenvalue weighted by Gasteiger charge is -2.05. The van der Waals surface area contributed by atoms with Gasteiger partial charge in [0.05, 0.1) is 4.92 Å². The van der Waals surface area contributed by atoms with Gasteiger partial charge in [-0.25, -0.2) is 4.39 Å². The predicted molar refractivity (Wildman–Crippen MR) is 59.6 cm³/mol. The Morgan fingerprint density at radius 1 is 1.35 bits per heavy atom. The fourth-order valence-electron chi connectivity index (χ4n) is 1.38. The molecule has 0 aliphatic rings. The standard InChI is InChI=1S/C11H14F2N2O2/c1-2-3-4-14-7-8-5-11(15(16)17)10(13)6-9(8)12/h5-6,14H,2-4,7H2,1H3. The van der Waals surface area contributed by atoms with Crippen molar-refractivity contribution in [1.29, 1.82) is 0 Å². The zero-order chi connectivity index (χ0) is 12.8. The molecule has 0 atom stereocenters. The van der Waals surface area contributed by atoms with Crippen LogP contribution in [0.1, 0.15) is 25.3 Å². The van der Waals surface area contributed by atoms with Gasteiger partial charge in [-0.3, -0.25) is 10.1 Å². The van der Waals surface area contributed by atoms with Crippen LogP contribution in [-0.2, 0) is 6.54 Å². The number of nitrogens with one attached hydrogen (secondary N) is 1. The van der Waals surface area contributed by atoms with E-state index in [0.29, 0.717) is 12.6 Å². The second-order valence-corrected chi connectivity index (χ2v) is 3.68. The van der Waals surface area contributed by atoms with Crippen molar-refractivity contribution in [1.82, 2.24) is 5.32 Å². The van der Waals surface area contributed by atoms with Gasteiger partial charge in [-0.05, 0) is 13.0 Å². The van der Waals surface area contributed by atoms with Crippen LogP contribution in [0.4, 0.5) is 14.5 Å². The maximum atomic E-state index is 13.3. The van der Waals surface area contributed by atoms with Crippen LogP contribution in [0.5, 0.6) is 0 Å². The molecule has 0 fully saturated rings. The number of rotatable bonds is 6. The first kappa shape index (κ1) is 13.5. The van der Waals surface area contributed by atoms with Crippen LogP contribution < -0.4 is 5.32 Å². The summed E-state index contributed by atoms with van der Waals surface area (Å²) in [5, 5.41) is 13.4. The highest BCUT2D eigenvalue weighted by Gasteiger charge is 2.17. The van der Waals surface area contributed by atoms with Gasteiger partial charge in [0.15, 0.2) is 0 Å². The number of unbranched alkanes of at least 4 members (excludes halogenated alkanes) is 1. The Bertz CT molecular complexity index is 411. The third-order valence-corrected chi connectivity index (χ3v) is 2.34. The molecule has 1 N–H and O–H groups in total. The zero-order valence-electron chi connectivity index (χ0n) is 9.50. The second kappa shape index (κ2) is 6.24. The fourth-order valence-corrected chi connectivity index (χ4v) is 1.38. The van der Waals surface area contributed by atoms with E-state index in [9.17, 15) is 18.9 Å². The minimum Gasteiger partial charge on any atom is -0.313 e. The van der Waals surface area contributed by atoms with Gasteiger partial charge in [0, 0.05) is 24.2 Å². The summed E-state index contributed by atoms with van der Waals surface area (Å²) in [5.41, 5.74) is -0.590. The van der Waals surface area contributed by atoms with Gasteiger partial charge >= 0.3 is 5.69 Å². The van der Waals surface area contributed by atoms with Crippen molar-refractivity contribution < 1.29 is 13.7 Å². The van der Waals surface area contributed by atoms with Crippen LogP contribution in [0, 0.1) is 21.7 Å². The normalized spacial score (nSPS) is 10.5. The molecule has 6 heteroatoms. The van der Waals surface area contributed by atoms with E-state index in [1.54, 1.807) is 0 Å². The Hall–Kier alpha value is -1.56. The highest BCUT2D eigenvalue weighted by atomic mass is 19.1. The average molecular weight is 244 g/mol. The first-order valence-electron chi connectivity index (χ1n) is 5.39. The third kappa shape index (κ3) is 3.74. The summed E-state index contributed by atoms with van der Waals surface area (Å²) >= 11 is 0. The highest BCUT2D eigenvalue weighted by Crippen LogP contribution is 2.21. The largest absolute Gasteiger partial charge is 0.313 e. The summed E-state index contributed by atoms with van der Waals surface area (Å²) in [7, 11) is 0. The molecule has 0 saturated heterocycles. The van der Waals surface area contributed by atoms with Crippen LogP contribution >= 0.6 is 0 Å². The SMILES string of the molecule is CCCCNCc1cc([N+](=O)[O-])c(F)cc1F. The topological polar surface area (TPSA) is 55.2 Å². The lowest BCUT2D eigenvalue weighted by atomic mass is 10.1. The van der Waals surface area contributed by atoms with E-state index in [-0.39, 0.29) is 12.1 Å². The Morgan fingerprint density at radius 3 is 2.65 bits per heavy atom. The lowest BCUT2D eigenvalue weighted by molar-refractivity contribution is -0.387. The minimum absolute atomic E-state index is 0.106. The average Bonchev–Trinajstić information content (AvgIpc) is 2.26. The Labute approximate surface area is 97.8 Å². The molecule has 94 valence electrons. The number of halogens is 2. The molecule has 0 aliphatic heterocycles. The molecule has 17 heavy (non-hydrogen) atoms. The summed E-state index contributed by atoms with van der Waals surface area (Å²) in [6.07, 6.45) is 1.93. The summed E-state index contributed by atoms with van der Waals surface area (Å²) in [5.74, 6) is -1.91. The van der Waals surface area contributed by atoms with Gasteiger partial charge < -0.3 is 5.32 Å². The molecule has 0 bridgehead atoms. The zero-order valence-corrected chi connectivity index (χ0v) is 9.50. The Kier molecular flexibility index (Phi) is 4.96. The molecule has 0 saturated carbocycles. The van der Waals surface area contributed by atoms with Gasteiger partial charge in [0.25, 0.3) is 0 Å². The van der Waals surface area contributed by atoms with Crippen LogP contribution in [0.15, 0.2) is 12.1 Å². The van der Waals surface area contributed by atoms with E-state index in [2.05, 4.69) is 5.32 Å². The van der Waals surface area contributed by atoms with E-state index >= 15 is 0 Å². The van der Waals surface area contributed by atoms with Crippen molar-refractivity contribution in [3.05, 3.63) is 39.4 Å². The molecule has 0 amide bonds. The quantitative estimate of drug-likeness (QED) is 0.475. The van der Waals surface area contributed by atoms with Gasteiger partial charge in [0.2, 0.25) is 5.82 Å². The van der Waals surface area contributed by atoms with Crippen molar-refractivity contribution >= 4 is 5.69 Å². The van der Waals surface area contributed by atoms with Gasteiger partial charge in [0.1, 0.15) is 5.82 Å². The first-order valence-corrected chi connectivity index (χ1v) is 5.39. The van der Waals surface area contributed by atoms with Gasteiger partial charge in [-0.1, -0.05) is 13.3 Å². The van der Waals surface area contributed by atoms with E-state index < -0.39 is 22.2 Å². The molecule has 1 aromatic carbocycles. The van der Waals surface area contributed by atoms with Crippen LogP contribution in [0.25, 0.3) is 0 Å². The molecular formula is C11H14F2N2O2. The lowest BCUT2D eigenvalue weighted by Crippen LogP contribution is -2.15. The van der Waals surface area contributed by atoms with Crippen LogP contribution in [0.2, 0.25) is 0 Å². The summed E-state index contributed by atoms with van der Waals surface area (Å²) in [6.45, 7) is 2.87. The van der Waals surface area contributed by atoms with E-state index in [0.717, 1.165) is 18.9 Å². The first-order chi connectivity index (χ1) is 8.06. The molecule has 4 nitrogen and oxygen atoms in total. The molecule has 0 heterocycles. The molecule has 0 aliphatic carbocycles. The van der Waals surface area contributed by atoms with Crippen molar-refractivity contribution in [3.63, 3.8) is 0 Å². The molecule has 0 spiro atoms. The van der Waals surface area contributed by atoms with E-state index in [1.807, 2.05) is 6.92 Å². The highest BCUT2D eigenvalue weighted by molar-refractivity contribution is 5.37.